The van der Waals surface area contributed by atoms with Gasteiger partial charge in [-0.2, -0.15) is 12.6 Å². The molecule has 0 atom stereocenters. The van der Waals surface area contributed by atoms with Crippen LogP contribution in [0.3, 0.4) is 0 Å². The predicted octanol–water partition coefficient (Wildman–Crippen LogP) is 2.64. The Bertz CT molecular complexity index is 54.1. The Labute approximate surface area is 81.9 Å². The molecule has 3 heteroatoms. The summed E-state index contributed by atoms with van der Waals surface area (Å²) in [6.07, 6.45) is 7.83. The van der Waals surface area contributed by atoms with Crippen molar-refractivity contribution in [3.05, 3.63) is 0 Å². The minimum absolute atomic E-state index is 0. The summed E-state index contributed by atoms with van der Waals surface area (Å²) in [6, 6.07) is 0. The van der Waals surface area contributed by atoms with Gasteiger partial charge in [0.25, 0.3) is 0 Å². The molecule has 0 aromatic carbocycles. The van der Waals surface area contributed by atoms with Gasteiger partial charge in [0.1, 0.15) is 0 Å². The minimum atomic E-state index is 0. The third kappa shape index (κ3) is 13.6. The molecule has 0 spiro atoms. The fourth-order valence-corrected chi connectivity index (χ4v) is 1.19. The van der Waals surface area contributed by atoms with Crippen molar-refractivity contribution in [2.75, 3.05) is 12.3 Å². The topological polar surface area (TPSA) is 26.0 Å². The molecule has 0 aromatic heterocycles. The van der Waals surface area contributed by atoms with Crippen molar-refractivity contribution in [3.63, 3.8) is 0 Å². The molecule has 0 amide bonds. The van der Waals surface area contributed by atoms with Gasteiger partial charge in [0.05, 0.1) is 0 Å². The highest BCUT2D eigenvalue weighted by atomic mass is 35.5. The van der Waals surface area contributed by atoms with Gasteiger partial charge in [-0.3, -0.25) is 0 Å². The van der Waals surface area contributed by atoms with Gasteiger partial charge in [-0.05, 0) is 25.1 Å². The molecule has 1 nitrogen and oxygen atoms in total. The number of unbranched alkanes of at least 4 members (excludes halogenated alkanes) is 5. The van der Waals surface area contributed by atoms with E-state index in [1.807, 2.05) is 0 Å². The van der Waals surface area contributed by atoms with E-state index in [2.05, 4.69) is 12.6 Å². The van der Waals surface area contributed by atoms with Crippen molar-refractivity contribution in [1.29, 1.82) is 0 Å². The van der Waals surface area contributed by atoms with Crippen LogP contribution in [0.5, 0.6) is 0 Å². The lowest BCUT2D eigenvalue weighted by Gasteiger charge is -1.97. The van der Waals surface area contributed by atoms with Crippen molar-refractivity contribution < 1.29 is 0 Å². The average Bonchev–Trinajstić information content (AvgIpc) is 1.97. The van der Waals surface area contributed by atoms with E-state index in [0.717, 1.165) is 12.3 Å². The molecule has 2 N–H and O–H groups in total. The maximum atomic E-state index is 5.36. The summed E-state index contributed by atoms with van der Waals surface area (Å²) < 4.78 is 0. The highest BCUT2D eigenvalue weighted by molar-refractivity contribution is 7.80. The number of halogens is 1. The van der Waals surface area contributed by atoms with Gasteiger partial charge in [-0.15, -0.1) is 12.4 Å². The second-order valence-corrected chi connectivity index (χ2v) is 3.08. The summed E-state index contributed by atoms with van der Waals surface area (Å²) in [5, 5.41) is 0. The van der Waals surface area contributed by atoms with Gasteiger partial charge in [-0.25, -0.2) is 0 Å². The van der Waals surface area contributed by atoms with Crippen molar-refractivity contribution >= 4 is 25.0 Å². The quantitative estimate of drug-likeness (QED) is 0.477. The molecule has 0 bridgehead atoms. The van der Waals surface area contributed by atoms with Crippen LogP contribution in [-0.4, -0.2) is 12.3 Å². The third-order valence-corrected chi connectivity index (χ3v) is 1.93. The van der Waals surface area contributed by atoms with E-state index in [4.69, 9.17) is 5.73 Å². The van der Waals surface area contributed by atoms with E-state index < -0.39 is 0 Å². The molecular weight excluding hydrogens is 178 g/mol. The zero-order chi connectivity index (χ0) is 7.66. The van der Waals surface area contributed by atoms with Gasteiger partial charge in [0.15, 0.2) is 0 Å². The van der Waals surface area contributed by atoms with Crippen molar-refractivity contribution in [2.24, 2.45) is 5.73 Å². The first-order valence-electron chi connectivity index (χ1n) is 4.22. The summed E-state index contributed by atoms with van der Waals surface area (Å²) >= 11 is 4.14. The highest BCUT2D eigenvalue weighted by Gasteiger charge is 1.87. The monoisotopic (exact) mass is 197 g/mol. The zero-order valence-electron chi connectivity index (χ0n) is 7.09. The molecule has 0 heterocycles. The van der Waals surface area contributed by atoms with Crippen LogP contribution in [0.25, 0.3) is 0 Å². The highest BCUT2D eigenvalue weighted by Crippen LogP contribution is 2.04. The van der Waals surface area contributed by atoms with Gasteiger partial charge < -0.3 is 5.73 Å². The Hall–Kier alpha value is 0.600. The Balaban J connectivity index is 0. The lowest BCUT2D eigenvalue weighted by Crippen LogP contribution is -1.97. The molecule has 0 aliphatic heterocycles. The van der Waals surface area contributed by atoms with Crippen molar-refractivity contribution in [1.82, 2.24) is 0 Å². The molecule has 0 fully saturated rings. The Morgan fingerprint density at radius 1 is 0.818 bits per heavy atom. The molecule has 0 radical (unpaired) electrons. The summed E-state index contributed by atoms with van der Waals surface area (Å²) in [6.45, 7) is 0.854. The lowest BCUT2D eigenvalue weighted by molar-refractivity contribution is 0.614. The van der Waals surface area contributed by atoms with Gasteiger partial charge in [0, 0.05) is 0 Å². The summed E-state index contributed by atoms with van der Waals surface area (Å²) in [4.78, 5) is 0. The summed E-state index contributed by atoms with van der Waals surface area (Å²) in [5.41, 5.74) is 5.36. The molecule has 0 saturated heterocycles. The second kappa shape index (κ2) is 13.2. The van der Waals surface area contributed by atoms with Crippen molar-refractivity contribution in [3.8, 4) is 0 Å². The Morgan fingerprint density at radius 2 is 1.27 bits per heavy atom. The van der Waals surface area contributed by atoms with E-state index in [0.29, 0.717) is 0 Å². The number of hydrogen-bond donors (Lipinski definition) is 2. The molecule has 0 aliphatic rings. The first-order valence-corrected chi connectivity index (χ1v) is 4.86. The van der Waals surface area contributed by atoms with Gasteiger partial charge in [0.2, 0.25) is 0 Å². The van der Waals surface area contributed by atoms with Crippen LogP contribution in [0, 0.1) is 0 Å². The smallest absolute Gasteiger partial charge is 0.00773 e. The normalized spacial score (nSPS) is 9.27. The molecule has 11 heavy (non-hydrogen) atoms. The third-order valence-electron chi connectivity index (χ3n) is 1.61. The molecule has 0 unspecified atom stereocenters. The number of nitrogens with two attached hydrogens (primary N) is 1. The van der Waals surface area contributed by atoms with E-state index in [9.17, 15) is 0 Å². The van der Waals surface area contributed by atoms with E-state index in [1.54, 1.807) is 0 Å². The molecule has 0 rings (SSSR count). The first-order chi connectivity index (χ1) is 4.91. The van der Waals surface area contributed by atoms with Crippen LogP contribution in [0.4, 0.5) is 0 Å². The van der Waals surface area contributed by atoms with Crippen LogP contribution in [0.1, 0.15) is 38.5 Å². The van der Waals surface area contributed by atoms with Gasteiger partial charge in [-0.1, -0.05) is 25.7 Å². The van der Waals surface area contributed by atoms with Crippen LogP contribution in [0.15, 0.2) is 0 Å². The fraction of sp³-hybridized carbons (Fsp3) is 1.00. The number of rotatable bonds is 7. The second-order valence-electron chi connectivity index (χ2n) is 2.63. The van der Waals surface area contributed by atoms with Crippen LogP contribution in [0.2, 0.25) is 0 Å². The zero-order valence-corrected chi connectivity index (χ0v) is 8.80. The minimum Gasteiger partial charge on any atom is -0.330 e. The Kier molecular flexibility index (Phi) is 17.0. The molecule has 70 valence electrons. The molecular formula is C8H20ClNS. The van der Waals surface area contributed by atoms with Crippen molar-refractivity contribution in [2.45, 2.75) is 38.5 Å². The average molecular weight is 198 g/mol. The van der Waals surface area contributed by atoms with E-state index >= 15 is 0 Å². The molecule has 0 saturated carbocycles. The maximum Gasteiger partial charge on any atom is -0.00773 e. The Morgan fingerprint density at radius 3 is 1.73 bits per heavy atom. The van der Waals surface area contributed by atoms with E-state index in [-0.39, 0.29) is 12.4 Å². The SMILES string of the molecule is Cl.NCCCCCCCCS. The maximum absolute atomic E-state index is 5.36. The van der Waals surface area contributed by atoms with Gasteiger partial charge >= 0.3 is 0 Å². The van der Waals surface area contributed by atoms with E-state index in [1.165, 1.54) is 38.5 Å². The molecule has 0 aliphatic carbocycles. The van der Waals surface area contributed by atoms with Crippen LogP contribution >= 0.6 is 25.0 Å². The predicted molar refractivity (Wildman–Crippen MR) is 57.9 cm³/mol. The first kappa shape index (κ1) is 14.1. The van der Waals surface area contributed by atoms with Crippen LogP contribution < -0.4 is 5.73 Å². The van der Waals surface area contributed by atoms with Crippen LogP contribution in [-0.2, 0) is 0 Å². The fourth-order valence-electron chi connectivity index (χ4n) is 0.963. The number of hydrogen-bond acceptors (Lipinski definition) is 2. The lowest BCUT2D eigenvalue weighted by atomic mass is 10.1. The standard InChI is InChI=1S/C8H19NS.ClH/c9-7-5-3-1-2-4-6-8-10;/h10H,1-9H2;1H. The largest absolute Gasteiger partial charge is 0.330 e. The molecule has 0 aromatic rings. The summed E-state index contributed by atoms with van der Waals surface area (Å²) in [7, 11) is 0. The summed E-state index contributed by atoms with van der Waals surface area (Å²) in [5.74, 6) is 1.04. The number of thiol groups is 1.